The molecule has 11 nitrogen and oxygen atoms in total. The van der Waals surface area contributed by atoms with Crippen LogP contribution in [0.4, 0.5) is 0 Å². The zero-order valence-electron chi connectivity index (χ0n) is 18.7. The molecule has 12 unspecified atom stereocenters. The van der Waals surface area contributed by atoms with Crippen LogP contribution in [0, 0.1) is 0 Å². The molecule has 0 spiro atoms. The highest BCUT2D eigenvalue weighted by molar-refractivity contribution is 4.99. The van der Waals surface area contributed by atoms with E-state index in [4.69, 9.17) is 41.9 Å². The summed E-state index contributed by atoms with van der Waals surface area (Å²) in [6, 6.07) is -1.64. The van der Waals surface area contributed by atoms with Gasteiger partial charge in [0.25, 0.3) is 0 Å². The van der Waals surface area contributed by atoms with Crippen molar-refractivity contribution in [3.63, 3.8) is 0 Å². The third kappa shape index (κ3) is 5.74. The lowest BCUT2D eigenvalue weighted by molar-refractivity contribution is -0.291. The minimum atomic E-state index is -1.22. The molecule has 31 heavy (non-hydrogen) atoms. The first-order valence-electron chi connectivity index (χ1n) is 11.2. The molecule has 11 N–H and O–H groups in total. The topological polar surface area (TPSA) is 193 Å². The predicted octanol–water partition coefficient (Wildman–Crippen LogP) is -2.56. The minimum absolute atomic E-state index is 0.0189. The van der Waals surface area contributed by atoms with Crippen molar-refractivity contribution in [3.8, 4) is 0 Å². The molecule has 2 saturated heterocycles. The van der Waals surface area contributed by atoms with E-state index in [9.17, 15) is 10.2 Å². The molecule has 3 aliphatic rings. The number of aliphatic hydroxyl groups excluding tert-OH is 1. The number of hydrogen-bond donors (Lipinski definition) is 7. The third-order valence-corrected chi connectivity index (χ3v) is 6.75. The molecule has 1 saturated carbocycles. The Bertz CT molecular complexity index is 584. The lowest BCUT2D eigenvalue weighted by Gasteiger charge is -2.47. The maximum Gasteiger partial charge on any atom is 0.185 e. The fourth-order valence-electron chi connectivity index (χ4n) is 4.77. The zero-order valence-corrected chi connectivity index (χ0v) is 18.7. The van der Waals surface area contributed by atoms with Gasteiger partial charge in [0.1, 0.15) is 11.7 Å². The average Bonchev–Trinajstić information content (AvgIpc) is 2.69. The second kappa shape index (κ2) is 10.2. The highest BCUT2D eigenvalue weighted by Crippen LogP contribution is 2.31. The van der Waals surface area contributed by atoms with Crippen molar-refractivity contribution < 1.29 is 29.2 Å². The number of ether oxygens (including phenoxy) is 4. The molecular weight excluding hydrogens is 406 g/mol. The summed E-state index contributed by atoms with van der Waals surface area (Å²) in [6.45, 7) is 3.52. The lowest BCUT2D eigenvalue weighted by Crippen LogP contribution is -2.66. The summed E-state index contributed by atoms with van der Waals surface area (Å²) in [7, 11) is 1.67. The molecule has 12 atom stereocenters. The van der Waals surface area contributed by atoms with Gasteiger partial charge in [0.05, 0.1) is 37.0 Å². The van der Waals surface area contributed by atoms with E-state index in [1.165, 1.54) is 0 Å². The Kier molecular flexibility index (Phi) is 8.31. The molecule has 0 radical (unpaired) electrons. The van der Waals surface area contributed by atoms with Crippen molar-refractivity contribution in [3.05, 3.63) is 0 Å². The summed E-state index contributed by atoms with van der Waals surface area (Å²) in [5.41, 5.74) is 23.6. The Balaban J connectivity index is 1.62. The summed E-state index contributed by atoms with van der Waals surface area (Å²) >= 11 is 0. The Morgan fingerprint density at radius 2 is 1.65 bits per heavy atom. The Hall–Kier alpha value is -0.440. The van der Waals surface area contributed by atoms with E-state index < -0.39 is 36.4 Å². The number of likely N-dealkylation sites (N-methyl/N-ethyl adjacent to an activating group) is 1. The lowest BCUT2D eigenvalue weighted by atomic mass is 9.86. The zero-order chi connectivity index (χ0) is 22.9. The molecule has 0 bridgehead atoms. The Morgan fingerprint density at radius 1 is 1.03 bits per heavy atom. The fraction of sp³-hybridized carbons (Fsp3) is 1.00. The highest BCUT2D eigenvalue weighted by atomic mass is 16.7. The van der Waals surface area contributed by atoms with Crippen molar-refractivity contribution >= 4 is 0 Å². The van der Waals surface area contributed by atoms with Crippen LogP contribution in [-0.2, 0) is 18.9 Å². The van der Waals surface area contributed by atoms with Crippen LogP contribution in [0.5, 0.6) is 0 Å². The highest BCUT2D eigenvalue weighted by Gasteiger charge is 2.48. The van der Waals surface area contributed by atoms with Gasteiger partial charge in [-0.3, -0.25) is 0 Å². The van der Waals surface area contributed by atoms with Crippen LogP contribution in [0.1, 0.15) is 39.5 Å². The second-order valence-corrected chi connectivity index (χ2v) is 9.58. The first-order valence-corrected chi connectivity index (χ1v) is 11.2. The van der Waals surface area contributed by atoms with Crippen LogP contribution in [0.3, 0.4) is 0 Å². The summed E-state index contributed by atoms with van der Waals surface area (Å²) in [5.74, 6) is 0. The molecule has 0 aromatic rings. The number of hydrogen-bond acceptors (Lipinski definition) is 11. The normalized spacial score (nSPS) is 50.2. The molecule has 2 aliphatic heterocycles. The third-order valence-electron chi connectivity index (χ3n) is 6.75. The largest absolute Gasteiger partial charge is 0.386 e. The van der Waals surface area contributed by atoms with Crippen molar-refractivity contribution in [2.24, 2.45) is 22.9 Å². The van der Waals surface area contributed by atoms with Crippen LogP contribution >= 0.6 is 0 Å². The van der Waals surface area contributed by atoms with E-state index in [-0.39, 0.29) is 43.0 Å². The molecule has 3 rings (SSSR count). The van der Waals surface area contributed by atoms with Crippen molar-refractivity contribution in [2.75, 3.05) is 13.7 Å². The molecule has 2 heterocycles. The van der Waals surface area contributed by atoms with Gasteiger partial charge in [-0.05, 0) is 40.2 Å². The van der Waals surface area contributed by atoms with Gasteiger partial charge in [0, 0.05) is 24.5 Å². The second-order valence-electron chi connectivity index (χ2n) is 9.58. The number of nitrogens with two attached hydrogens (primary N) is 4. The molecular formula is C20H41N5O6. The van der Waals surface area contributed by atoms with Crippen LogP contribution in [0.25, 0.3) is 0 Å². The molecule has 0 amide bonds. The van der Waals surface area contributed by atoms with Gasteiger partial charge in [0.15, 0.2) is 12.6 Å². The fourth-order valence-corrected chi connectivity index (χ4v) is 4.77. The van der Waals surface area contributed by atoms with Gasteiger partial charge in [-0.25, -0.2) is 0 Å². The summed E-state index contributed by atoms with van der Waals surface area (Å²) < 4.78 is 23.8. The number of aliphatic hydroxyl groups is 2. The Morgan fingerprint density at radius 3 is 2.23 bits per heavy atom. The van der Waals surface area contributed by atoms with Crippen molar-refractivity contribution in [1.29, 1.82) is 0 Å². The number of nitrogens with one attached hydrogen (secondary N) is 1. The van der Waals surface area contributed by atoms with E-state index in [1.54, 1.807) is 14.0 Å². The molecule has 182 valence electrons. The maximum atomic E-state index is 10.7. The van der Waals surface area contributed by atoms with E-state index in [0.29, 0.717) is 12.8 Å². The first-order chi connectivity index (χ1) is 14.5. The molecule has 3 fully saturated rings. The first kappa shape index (κ1) is 25.2. The van der Waals surface area contributed by atoms with Crippen molar-refractivity contribution in [1.82, 2.24) is 5.32 Å². The van der Waals surface area contributed by atoms with Gasteiger partial charge >= 0.3 is 0 Å². The Labute approximate surface area is 184 Å². The van der Waals surface area contributed by atoms with Gasteiger partial charge in [-0.2, -0.15) is 0 Å². The van der Waals surface area contributed by atoms with Crippen LogP contribution in [-0.4, -0.2) is 96.7 Å². The van der Waals surface area contributed by atoms with E-state index in [0.717, 1.165) is 12.8 Å². The van der Waals surface area contributed by atoms with E-state index >= 15 is 0 Å². The summed E-state index contributed by atoms with van der Waals surface area (Å²) in [6.07, 6.45) is -1.12. The van der Waals surface area contributed by atoms with Crippen LogP contribution in [0.2, 0.25) is 0 Å². The SMILES string of the molecule is CNC1C(O)C(OC2CC(OC3OC(C(C)N)CCC3N)C(N)CC2N)OCC1(C)O. The van der Waals surface area contributed by atoms with Gasteiger partial charge in [-0.1, -0.05) is 0 Å². The molecule has 1 aliphatic carbocycles. The van der Waals surface area contributed by atoms with Crippen LogP contribution < -0.4 is 28.3 Å². The van der Waals surface area contributed by atoms with Gasteiger partial charge in [-0.15, -0.1) is 0 Å². The average molecular weight is 448 g/mol. The molecule has 11 heteroatoms. The smallest absolute Gasteiger partial charge is 0.185 e. The quantitative estimate of drug-likeness (QED) is 0.226. The monoisotopic (exact) mass is 447 g/mol. The van der Waals surface area contributed by atoms with E-state index in [1.807, 2.05) is 6.92 Å². The predicted molar refractivity (Wildman–Crippen MR) is 114 cm³/mol. The standard InChI is InChI=1S/C20H41N5O6/c1-9(21)13-5-4-10(22)18(29-13)30-14-7-15(12(24)6-11(14)23)31-19-16(26)17(25-3)20(2,27)8-28-19/h9-19,25-27H,4-8,21-24H2,1-3H3. The number of rotatable bonds is 6. The molecule has 0 aromatic carbocycles. The summed E-state index contributed by atoms with van der Waals surface area (Å²) in [4.78, 5) is 0. The summed E-state index contributed by atoms with van der Waals surface area (Å²) in [5, 5.41) is 24.0. The molecule has 0 aromatic heterocycles. The maximum absolute atomic E-state index is 10.7. The van der Waals surface area contributed by atoms with Crippen LogP contribution in [0.15, 0.2) is 0 Å². The van der Waals surface area contributed by atoms with Gasteiger partial charge < -0.3 is 57.4 Å². The van der Waals surface area contributed by atoms with Gasteiger partial charge in [0.2, 0.25) is 0 Å². The minimum Gasteiger partial charge on any atom is -0.386 e. The van der Waals surface area contributed by atoms with Crippen molar-refractivity contribution in [2.45, 2.75) is 112 Å². The van der Waals surface area contributed by atoms with E-state index in [2.05, 4.69) is 5.32 Å².